The number of nitrogens with zero attached hydrogens (tertiary/aromatic N) is 3. The van der Waals surface area contributed by atoms with Crippen molar-refractivity contribution in [1.29, 1.82) is 0 Å². The van der Waals surface area contributed by atoms with E-state index in [9.17, 15) is 0 Å². The minimum Gasteiger partial charge on any atom is -0.253 e. The second-order valence-electron chi connectivity index (χ2n) is 3.42. The fraction of sp³-hybridized carbons (Fsp3) is 0.364. The number of fused-ring (bicyclic) bond motifs is 1. The monoisotopic (exact) mass is 219 g/mol. The Hall–Kier alpha value is -1.16. The zero-order valence-electron chi connectivity index (χ0n) is 8.84. The van der Waals surface area contributed by atoms with Gasteiger partial charge in [-0.25, -0.2) is 0 Å². The molecule has 0 saturated carbocycles. The van der Waals surface area contributed by atoms with E-state index in [1.165, 1.54) is 0 Å². The van der Waals surface area contributed by atoms with Crippen LogP contribution in [-0.2, 0) is 0 Å². The van der Waals surface area contributed by atoms with E-state index in [0.29, 0.717) is 5.25 Å². The van der Waals surface area contributed by atoms with Crippen molar-refractivity contribution in [1.82, 2.24) is 15.2 Å². The van der Waals surface area contributed by atoms with Gasteiger partial charge in [0, 0.05) is 11.4 Å². The van der Waals surface area contributed by atoms with Crippen LogP contribution in [-0.4, -0.2) is 20.4 Å². The Morgan fingerprint density at radius 2 is 2.33 bits per heavy atom. The van der Waals surface area contributed by atoms with Crippen molar-refractivity contribution < 1.29 is 0 Å². The van der Waals surface area contributed by atoms with Crippen molar-refractivity contribution in [3.63, 3.8) is 0 Å². The lowest BCUT2D eigenvalue weighted by molar-refractivity contribution is 0.904. The summed E-state index contributed by atoms with van der Waals surface area (Å²) in [6.07, 6.45) is 4.73. The Morgan fingerprint density at radius 3 is 3.13 bits per heavy atom. The third-order valence-electron chi connectivity index (χ3n) is 2.26. The number of rotatable bonds is 3. The van der Waals surface area contributed by atoms with Crippen LogP contribution in [0.1, 0.15) is 20.3 Å². The van der Waals surface area contributed by atoms with E-state index >= 15 is 0 Å². The third kappa shape index (κ3) is 2.26. The molecule has 0 saturated heterocycles. The summed E-state index contributed by atoms with van der Waals surface area (Å²) in [6.45, 7) is 4.39. The van der Waals surface area contributed by atoms with Gasteiger partial charge in [0.05, 0.1) is 11.1 Å². The molecule has 2 aromatic rings. The molecule has 15 heavy (non-hydrogen) atoms. The number of hydrogen-bond acceptors (Lipinski definition) is 4. The van der Waals surface area contributed by atoms with Crippen LogP contribution in [0.4, 0.5) is 0 Å². The van der Waals surface area contributed by atoms with Crippen molar-refractivity contribution in [2.75, 3.05) is 0 Å². The highest BCUT2D eigenvalue weighted by Gasteiger charge is 2.07. The number of aromatic nitrogens is 3. The summed E-state index contributed by atoms with van der Waals surface area (Å²) in [7, 11) is 0. The Labute approximate surface area is 93.3 Å². The fourth-order valence-electron chi connectivity index (χ4n) is 1.26. The van der Waals surface area contributed by atoms with E-state index in [1.54, 1.807) is 12.4 Å². The summed E-state index contributed by atoms with van der Waals surface area (Å²) in [5.41, 5.74) is 1.82. The van der Waals surface area contributed by atoms with Gasteiger partial charge in [-0.05, 0) is 18.6 Å². The molecular formula is C11H13N3S. The van der Waals surface area contributed by atoms with Crippen LogP contribution in [0.5, 0.6) is 0 Å². The molecule has 2 heterocycles. The van der Waals surface area contributed by atoms with Gasteiger partial charge in [0.1, 0.15) is 11.0 Å². The van der Waals surface area contributed by atoms with Gasteiger partial charge in [-0.1, -0.05) is 13.8 Å². The molecule has 78 valence electrons. The summed E-state index contributed by atoms with van der Waals surface area (Å²) in [5.74, 6) is 0. The molecule has 2 rings (SSSR count). The van der Waals surface area contributed by atoms with Crippen LogP contribution in [0.25, 0.3) is 11.0 Å². The van der Waals surface area contributed by atoms with E-state index in [2.05, 4.69) is 29.0 Å². The fourth-order valence-corrected chi connectivity index (χ4v) is 2.24. The maximum absolute atomic E-state index is 4.35. The van der Waals surface area contributed by atoms with E-state index in [-0.39, 0.29) is 0 Å². The second kappa shape index (κ2) is 4.57. The third-order valence-corrected chi connectivity index (χ3v) is 3.55. The highest BCUT2D eigenvalue weighted by Crippen LogP contribution is 2.28. The van der Waals surface area contributed by atoms with Crippen LogP contribution >= 0.6 is 11.8 Å². The Bertz CT molecular complexity index is 453. The Balaban J connectivity index is 2.42. The molecule has 4 heteroatoms. The van der Waals surface area contributed by atoms with Gasteiger partial charge in [0.15, 0.2) is 0 Å². The lowest BCUT2D eigenvalue weighted by Gasteiger charge is -2.08. The molecule has 0 fully saturated rings. The van der Waals surface area contributed by atoms with Gasteiger partial charge >= 0.3 is 0 Å². The highest BCUT2D eigenvalue weighted by atomic mass is 32.2. The normalized spacial score (nSPS) is 12.9. The maximum Gasteiger partial charge on any atom is 0.113 e. The smallest absolute Gasteiger partial charge is 0.113 e. The largest absolute Gasteiger partial charge is 0.253 e. The van der Waals surface area contributed by atoms with Crippen LogP contribution in [0.2, 0.25) is 0 Å². The minimum atomic E-state index is 0.583. The van der Waals surface area contributed by atoms with Crippen LogP contribution in [0, 0.1) is 0 Å². The Kier molecular flexibility index (Phi) is 3.16. The molecule has 0 aliphatic heterocycles. The number of hydrogen-bond donors (Lipinski definition) is 0. The van der Waals surface area contributed by atoms with E-state index < -0.39 is 0 Å². The number of thioether (sulfide) groups is 1. The molecule has 0 radical (unpaired) electrons. The summed E-state index contributed by atoms with van der Waals surface area (Å²) in [4.78, 5) is 5.47. The molecule has 1 unspecified atom stereocenters. The van der Waals surface area contributed by atoms with E-state index in [0.717, 1.165) is 22.3 Å². The molecule has 0 amide bonds. The molecule has 3 nitrogen and oxygen atoms in total. The first-order valence-corrected chi connectivity index (χ1v) is 5.92. The predicted molar refractivity (Wildman–Crippen MR) is 62.9 cm³/mol. The van der Waals surface area contributed by atoms with Crippen LogP contribution in [0.3, 0.4) is 0 Å². The van der Waals surface area contributed by atoms with Crippen molar-refractivity contribution >= 4 is 22.8 Å². The molecule has 0 N–H and O–H groups in total. The zero-order valence-corrected chi connectivity index (χ0v) is 9.66. The quantitative estimate of drug-likeness (QED) is 0.744. The minimum absolute atomic E-state index is 0.583. The molecular weight excluding hydrogens is 206 g/mol. The molecule has 0 aliphatic carbocycles. The van der Waals surface area contributed by atoms with Gasteiger partial charge in [-0.2, -0.15) is 5.10 Å². The van der Waals surface area contributed by atoms with Gasteiger partial charge in [0.25, 0.3) is 0 Å². The summed E-state index contributed by atoms with van der Waals surface area (Å²) >= 11 is 1.81. The number of pyridine rings is 1. The molecule has 1 atom stereocenters. The lowest BCUT2D eigenvalue weighted by atomic mass is 10.3. The summed E-state index contributed by atoms with van der Waals surface area (Å²) in [5, 5.41) is 8.62. The lowest BCUT2D eigenvalue weighted by Crippen LogP contribution is -1.95. The first-order valence-electron chi connectivity index (χ1n) is 5.04. The average molecular weight is 219 g/mol. The molecule has 0 aliphatic rings. The average Bonchev–Trinajstić information content (AvgIpc) is 2.29. The first kappa shape index (κ1) is 10.4. The molecule has 0 aromatic carbocycles. The zero-order chi connectivity index (χ0) is 10.7. The SMILES string of the molecule is CCC(C)Sc1cnnc2cccnc12. The van der Waals surface area contributed by atoms with Crippen molar-refractivity contribution in [2.24, 2.45) is 0 Å². The van der Waals surface area contributed by atoms with Crippen molar-refractivity contribution in [2.45, 2.75) is 30.4 Å². The summed E-state index contributed by atoms with van der Waals surface area (Å²) < 4.78 is 0. The molecule has 0 bridgehead atoms. The van der Waals surface area contributed by atoms with Crippen LogP contribution < -0.4 is 0 Å². The standard InChI is InChI=1S/C11H13N3S/c1-3-8(2)15-10-7-13-14-9-5-4-6-12-11(9)10/h4-8H,3H2,1-2H3. The Morgan fingerprint density at radius 1 is 1.47 bits per heavy atom. The predicted octanol–water partition coefficient (Wildman–Crippen LogP) is 2.92. The summed E-state index contributed by atoms with van der Waals surface area (Å²) in [6, 6.07) is 3.82. The van der Waals surface area contributed by atoms with E-state index in [4.69, 9.17) is 0 Å². The van der Waals surface area contributed by atoms with Gasteiger partial charge in [-0.3, -0.25) is 4.98 Å². The van der Waals surface area contributed by atoms with Crippen LogP contribution in [0.15, 0.2) is 29.4 Å². The molecule has 2 aromatic heterocycles. The molecule has 0 spiro atoms. The highest BCUT2D eigenvalue weighted by molar-refractivity contribution is 8.00. The van der Waals surface area contributed by atoms with Gasteiger partial charge in [0.2, 0.25) is 0 Å². The van der Waals surface area contributed by atoms with E-state index in [1.807, 2.05) is 23.9 Å². The van der Waals surface area contributed by atoms with Crippen molar-refractivity contribution in [3.8, 4) is 0 Å². The van der Waals surface area contributed by atoms with Gasteiger partial charge in [-0.15, -0.1) is 16.9 Å². The van der Waals surface area contributed by atoms with Gasteiger partial charge < -0.3 is 0 Å². The van der Waals surface area contributed by atoms with Crippen molar-refractivity contribution in [3.05, 3.63) is 24.5 Å². The second-order valence-corrected chi connectivity index (χ2v) is 4.90. The topological polar surface area (TPSA) is 38.7 Å². The maximum atomic E-state index is 4.35. The first-order chi connectivity index (χ1) is 7.31.